The van der Waals surface area contributed by atoms with Crippen molar-refractivity contribution >= 4 is 21.6 Å². The molecule has 0 bridgehead atoms. The van der Waals surface area contributed by atoms with Crippen LogP contribution in [0.2, 0.25) is 0 Å². The average molecular weight is 231 g/mol. The minimum Gasteiger partial charge on any atom is -0.0841 e. The zero-order valence-electron chi connectivity index (χ0n) is 8.22. The summed E-state index contributed by atoms with van der Waals surface area (Å²) < 4.78 is 0. The normalized spacial score (nSPS) is 10.1. The van der Waals surface area contributed by atoms with Crippen LogP contribution in [0.25, 0.3) is 0 Å². The van der Waals surface area contributed by atoms with Crippen LogP contribution < -0.4 is 0 Å². The fourth-order valence-electron chi connectivity index (χ4n) is 1.17. The minimum absolute atomic E-state index is 1.05. The summed E-state index contributed by atoms with van der Waals surface area (Å²) in [6.45, 7) is 0. The van der Waals surface area contributed by atoms with Crippen molar-refractivity contribution in [3.63, 3.8) is 0 Å². The van der Waals surface area contributed by atoms with Crippen molar-refractivity contribution in [1.29, 1.82) is 0 Å². The lowest BCUT2D eigenvalue weighted by molar-refractivity contribution is 1.43. The molecule has 2 heteroatoms. The van der Waals surface area contributed by atoms with E-state index in [1.54, 1.807) is 0 Å². The standard InChI is InChI=1S/C13H11S2/c1-3-7-12(8-4-1)11-14-15-13-9-5-2-6-10-13/h1,3-10H,11H2. The maximum Gasteiger partial charge on any atom is 0.0292 e. The zero-order chi connectivity index (χ0) is 10.3. The van der Waals surface area contributed by atoms with Crippen LogP contribution >= 0.6 is 21.6 Å². The minimum atomic E-state index is 1.05. The van der Waals surface area contributed by atoms with Gasteiger partial charge in [0, 0.05) is 10.6 Å². The van der Waals surface area contributed by atoms with Gasteiger partial charge in [0.2, 0.25) is 0 Å². The Morgan fingerprint density at radius 2 is 1.67 bits per heavy atom. The molecular weight excluding hydrogens is 220 g/mol. The van der Waals surface area contributed by atoms with E-state index in [-0.39, 0.29) is 0 Å². The van der Waals surface area contributed by atoms with Crippen molar-refractivity contribution in [2.45, 2.75) is 10.6 Å². The summed E-state index contributed by atoms with van der Waals surface area (Å²) in [6.07, 6.45) is 0. The third-order valence-corrected chi connectivity index (χ3v) is 4.23. The van der Waals surface area contributed by atoms with Gasteiger partial charge < -0.3 is 0 Å². The SMILES string of the molecule is [c]1ccc(SSCc2ccccc2)cc1. The molecule has 0 N–H and O–H groups in total. The molecule has 0 aliphatic carbocycles. The highest BCUT2D eigenvalue weighted by atomic mass is 33.1. The van der Waals surface area contributed by atoms with Gasteiger partial charge in [-0.3, -0.25) is 0 Å². The molecule has 0 aliphatic rings. The molecule has 0 saturated heterocycles. The van der Waals surface area contributed by atoms with Gasteiger partial charge in [0.15, 0.2) is 0 Å². The van der Waals surface area contributed by atoms with E-state index in [9.17, 15) is 0 Å². The molecule has 0 atom stereocenters. The van der Waals surface area contributed by atoms with E-state index in [0.717, 1.165) is 5.75 Å². The second-order valence-electron chi connectivity index (χ2n) is 3.07. The Bertz CT molecular complexity index is 344. The van der Waals surface area contributed by atoms with Crippen LogP contribution in [0.5, 0.6) is 0 Å². The Kier molecular flexibility index (Phi) is 4.18. The molecule has 0 heterocycles. The summed E-state index contributed by atoms with van der Waals surface area (Å²) in [6, 6.07) is 21.6. The highest BCUT2D eigenvalue weighted by molar-refractivity contribution is 8.76. The van der Waals surface area contributed by atoms with Crippen molar-refractivity contribution in [1.82, 2.24) is 0 Å². The van der Waals surface area contributed by atoms with Crippen molar-refractivity contribution in [3.8, 4) is 0 Å². The highest BCUT2D eigenvalue weighted by Gasteiger charge is 1.94. The molecule has 15 heavy (non-hydrogen) atoms. The van der Waals surface area contributed by atoms with Crippen LogP contribution in [-0.2, 0) is 5.75 Å². The molecule has 2 rings (SSSR count). The molecule has 0 saturated carbocycles. The number of rotatable bonds is 4. The average Bonchev–Trinajstić information content (AvgIpc) is 2.32. The summed E-state index contributed by atoms with van der Waals surface area (Å²) in [5.41, 5.74) is 1.37. The first-order valence-corrected chi connectivity index (χ1v) is 7.06. The van der Waals surface area contributed by atoms with Gasteiger partial charge in [0.05, 0.1) is 0 Å². The molecule has 0 amide bonds. The van der Waals surface area contributed by atoms with Crippen LogP contribution in [0, 0.1) is 6.07 Å². The van der Waals surface area contributed by atoms with Gasteiger partial charge in [-0.15, -0.1) is 0 Å². The summed E-state index contributed by atoms with van der Waals surface area (Å²) in [5.74, 6) is 1.05. The van der Waals surface area contributed by atoms with Gasteiger partial charge >= 0.3 is 0 Å². The summed E-state index contributed by atoms with van der Waals surface area (Å²) >= 11 is 0. The summed E-state index contributed by atoms with van der Waals surface area (Å²) in [5, 5.41) is 0. The molecule has 0 aliphatic heterocycles. The van der Waals surface area contributed by atoms with Gasteiger partial charge in [-0.2, -0.15) is 0 Å². The van der Waals surface area contributed by atoms with E-state index in [1.807, 2.05) is 39.8 Å². The lowest BCUT2D eigenvalue weighted by Gasteiger charge is -2.00. The first kappa shape index (κ1) is 10.7. The number of benzene rings is 2. The summed E-state index contributed by atoms with van der Waals surface area (Å²) in [7, 11) is 3.67. The Hall–Kier alpha value is -0.860. The molecule has 75 valence electrons. The third kappa shape index (κ3) is 3.65. The predicted molar refractivity (Wildman–Crippen MR) is 68.9 cm³/mol. The largest absolute Gasteiger partial charge is 0.0841 e. The van der Waals surface area contributed by atoms with E-state index < -0.39 is 0 Å². The maximum absolute atomic E-state index is 3.02. The molecule has 0 fully saturated rings. The van der Waals surface area contributed by atoms with E-state index in [1.165, 1.54) is 10.5 Å². The summed E-state index contributed by atoms with van der Waals surface area (Å²) in [4.78, 5) is 1.29. The number of hydrogen-bond donors (Lipinski definition) is 0. The molecule has 0 aromatic heterocycles. The Labute approximate surface area is 98.5 Å². The molecule has 2 aromatic rings. The van der Waals surface area contributed by atoms with Crippen molar-refractivity contribution in [2.24, 2.45) is 0 Å². The van der Waals surface area contributed by atoms with Crippen molar-refractivity contribution < 1.29 is 0 Å². The Morgan fingerprint density at radius 1 is 0.933 bits per heavy atom. The quantitative estimate of drug-likeness (QED) is 0.714. The van der Waals surface area contributed by atoms with Crippen LogP contribution in [-0.4, -0.2) is 0 Å². The van der Waals surface area contributed by atoms with Crippen LogP contribution in [0.15, 0.2) is 59.5 Å². The second kappa shape index (κ2) is 5.89. The van der Waals surface area contributed by atoms with Gasteiger partial charge in [0.25, 0.3) is 0 Å². The zero-order valence-corrected chi connectivity index (χ0v) is 9.85. The van der Waals surface area contributed by atoms with E-state index in [4.69, 9.17) is 0 Å². The Balaban J connectivity index is 1.81. The molecule has 0 spiro atoms. The lowest BCUT2D eigenvalue weighted by Crippen LogP contribution is -1.75. The molecule has 0 unspecified atom stereocenters. The molecular formula is C13H11S2. The van der Waals surface area contributed by atoms with E-state index in [2.05, 4.69) is 42.5 Å². The first-order valence-electron chi connectivity index (χ1n) is 4.75. The van der Waals surface area contributed by atoms with Crippen molar-refractivity contribution in [2.75, 3.05) is 0 Å². The molecule has 2 aromatic carbocycles. The molecule has 1 radical (unpaired) electrons. The van der Waals surface area contributed by atoms with E-state index in [0.29, 0.717) is 0 Å². The van der Waals surface area contributed by atoms with Gasteiger partial charge in [-0.05, 0) is 23.8 Å². The fraction of sp³-hybridized carbons (Fsp3) is 0.0769. The predicted octanol–water partition coefficient (Wildman–Crippen LogP) is 4.43. The second-order valence-corrected chi connectivity index (χ2v) is 5.44. The maximum atomic E-state index is 3.02. The monoisotopic (exact) mass is 231 g/mol. The fourth-order valence-corrected chi connectivity index (χ4v) is 3.26. The van der Waals surface area contributed by atoms with Gasteiger partial charge in [0.1, 0.15) is 0 Å². The van der Waals surface area contributed by atoms with Crippen LogP contribution in [0.1, 0.15) is 5.56 Å². The Morgan fingerprint density at radius 3 is 2.40 bits per heavy atom. The van der Waals surface area contributed by atoms with Crippen LogP contribution in [0.4, 0.5) is 0 Å². The molecule has 0 nitrogen and oxygen atoms in total. The van der Waals surface area contributed by atoms with Crippen molar-refractivity contribution in [3.05, 3.63) is 66.2 Å². The highest BCUT2D eigenvalue weighted by Crippen LogP contribution is 2.32. The number of hydrogen-bond acceptors (Lipinski definition) is 2. The first-order chi connectivity index (χ1) is 7.45. The third-order valence-electron chi connectivity index (χ3n) is 1.91. The smallest absolute Gasteiger partial charge is 0.0292 e. The van der Waals surface area contributed by atoms with Gasteiger partial charge in [-0.25, -0.2) is 0 Å². The lowest BCUT2D eigenvalue weighted by atomic mass is 10.2. The van der Waals surface area contributed by atoms with E-state index >= 15 is 0 Å². The van der Waals surface area contributed by atoms with Crippen LogP contribution in [0.3, 0.4) is 0 Å². The topological polar surface area (TPSA) is 0 Å². The van der Waals surface area contributed by atoms with Gasteiger partial charge in [-0.1, -0.05) is 64.1 Å².